The Morgan fingerprint density at radius 2 is 1.87 bits per heavy atom. The lowest BCUT2D eigenvalue weighted by molar-refractivity contribution is 0.223. The lowest BCUT2D eigenvalue weighted by atomic mass is 10.3. The zero-order valence-electron chi connectivity index (χ0n) is 8.13. The smallest absolute Gasteiger partial charge is 0.202 e. The molecule has 0 amide bonds. The normalized spacial score (nSPS) is 21.4. The zero-order chi connectivity index (χ0) is 10.9. The van der Waals surface area contributed by atoms with Gasteiger partial charge in [-0.2, -0.15) is 0 Å². The number of allylic oxidation sites excluding steroid dienone is 1. The second-order valence-electron chi connectivity index (χ2n) is 3.56. The van der Waals surface area contributed by atoms with Crippen LogP contribution in [0, 0.1) is 0 Å². The molecule has 0 aliphatic heterocycles. The molecule has 2 rings (SSSR count). The SMILES string of the molecule is O=S(=O)(C1=CC(O)CC1)c1ccccc1. The van der Waals surface area contributed by atoms with Gasteiger partial charge in [0.15, 0.2) is 0 Å². The summed E-state index contributed by atoms with van der Waals surface area (Å²) in [5.41, 5.74) is 0. The molecule has 0 aromatic heterocycles. The van der Waals surface area contributed by atoms with E-state index in [1.165, 1.54) is 6.08 Å². The molecule has 1 aliphatic rings. The molecule has 1 aliphatic carbocycles. The third-order valence-electron chi connectivity index (χ3n) is 2.46. The number of hydrogen-bond donors (Lipinski definition) is 1. The molecule has 0 radical (unpaired) electrons. The van der Waals surface area contributed by atoms with Crippen LogP contribution < -0.4 is 0 Å². The number of rotatable bonds is 2. The first kappa shape index (κ1) is 10.4. The fraction of sp³-hybridized carbons (Fsp3) is 0.273. The molecule has 0 spiro atoms. The minimum absolute atomic E-state index is 0.297. The maximum atomic E-state index is 12.0. The maximum absolute atomic E-state index is 12.0. The topological polar surface area (TPSA) is 54.4 Å². The fourth-order valence-corrected chi connectivity index (χ4v) is 3.19. The molecule has 0 saturated heterocycles. The van der Waals surface area contributed by atoms with Gasteiger partial charge in [-0.05, 0) is 31.1 Å². The zero-order valence-corrected chi connectivity index (χ0v) is 8.94. The fourth-order valence-electron chi connectivity index (χ4n) is 1.65. The summed E-state index contributed by atoms with van der Waals surface area (Å²) >= 11 is 0. The minimum atomic E-state index is -3.37. The van der Waals surface area contributed by atoms with Crippen LogP contribution in [0.5, 0.6) is 0 Å². The highest BCUT2D eigenvalue weighted by molar-refractivity contribution is 7.95. The van der Waals surface area contributed by atoms with Gasteiger partial charge in [-0.25, -0.2) is 8.42 Å². The van der Waals surface area contributed by atoms with Crippen LogP contribution in [0.25, 0.3) is 0 Å². The van der Waals surface area contributed by atoms with Crippen molar-refractivity contribution in [2.45, 2.75) is 23.8 Å². The number of hydrogen-bond acceptors (Lipinski definition) is 3. The van der Waals surface area contributed by atoms with Crippen LogP contribution in [0.2, 0.25) is 0 Å². The van der Waals surface area contributed by atoms with E-state index in [1.807, 2.05) is 0 Å². The molecular formula is C11H12O3S. The molecule has 0 saturated carbocycles. The van der Waals surface area contributed by atoms with Crippen molar-refractivity contribution in [1.82, 2.24) is 0 Å². The van der Waals surface area contributed by atoms with Crippen LogP contribution in [0.4, 0.5) is 0 Å². The summed E-state index contributed by atoms with van der Waals surface area (Å²) in [4.78, 5) is 0.631. The molecule has 1 atom stereocenters. The van der Waals surface area contributed by atoms with Gasteiger partial charge >= 0.3 is 0 Å². The van der Waals surface area contributed by atoms with Gasteiger partial charge < -0.3 is 5.11 Å². The molecule has 0 bridgehead atoms. The highest BCUT2D eigenvalue weighted by Crippen LogP contribution is 2.28. The maximum Gasteiger partial charge on any atom is 0.202 e. The Morgan fingerprint density at radius 3 is 2.40 bits per heavy atom. The van der Waals surface area contributed by atoms with Crippen LogP contribution >= 0.6 is 0 Å². The second-order valence-corrected chi connectivity index (χ2v) is 5.56. The van der Waals surface area contributed by atoms with Crippen LogP contribution in [0.1, 0.15) is 12.8 Å². The van der Waals surface area contributed by atoms with Crippen molar-refractivity contribution in [2.24, 2.45) is 0 Å². The van der Waals surface area contributed by atoms with Crippen molar-refractivity contribution in [3.63, 3.8) is 0 Å². The highest BCUT2D eigenvalue weighted by atomic mass is 32.2. The van der Waals surface area contributed by atoms with E-state index in [4.69, 9.17) is 0 Å². The molecule has 1 unspecified atom stereocenters. The number of aliphatic hydroxyl groups excluding tert-OH is 1. The second kappa shape index (κ2) is 3.79. The van der Waals surface area contributed by atoms with Gasteiger partial charge in [0, 0.05) is 4.91 Å². The molecule has 1 aromatic rings. The van der Waals surface area contributed by atoms with Crippen LogP contribution in [-0.4, -0.2) is 19.6 Å². The molecule has 3 nitrogen and oxygen atoms in total. The number of benzene rings is 1. The Labute approximate surface area is 89.0 Å². The van der Waals surface area contributed by atoms with E-state index < -0.39 is 15.9 Å². The Kier molecular flexibility index (Phi) is 2.63. The van der Waals surface area contributed by atoms with Gasteiger partial charge in [0.1, 0.15) is 0 Å². The minimum Gasteiger partial charge on any atom is -0.389 e. The third-order valence-corrected chi connectivity index (χ3v) is 4.39. The number of aliphatic hydroxyl groups is 1. The van der Waals surface area contributed by atoms with E-state index in [2.05, 4.69) is 0 Å². The van der Waals surface area contributed by atoms with Crippen molar-refractivity contribution in [3.8, 4) is 0 Å². The third kappa shape index (κ3) is 1.96. The summed E-state index contributed by atoms with van der Waals surface area (Å²) in [6, 6.07) is 8.30. The van der Waals surface area contributed by atoms with Crippen molar-refractivity contribution in [1.29, 1.82) is 0 Å². The predicted octanol–water partition coefficient (Wildman–Crippen LogP) is 1.50. The first-order valence-electron chi connectivity index (χ1n) is 4.79. The van der Waals surface area contributed by atoms with Crippen LogP contribution in [-0.2, 0) is 9.84 Å². The summed E-state index contributed by atoms with van der Waals surface area (Å²) in [5.74, 6) is 0. The van der Waals surface area contributed by atoms with Gasteiger partial charge in [0.2, 0.25) is 9.84 Å². The van der Waals surface area contributed by atoms with Gasteiger partial charge in [0.05, 0.1) is 11.0 Å². The summed E-state index contributed by atoms with van der Waals surface area (Å²) in [6.07, 6.45) is 1.75. The van der Waals surface area contributed by atoms with Crippen molar-refractivity contribution in [2.75, 3.05) is 0 Å². The van der Waals surface area contributed by atoms with E-state index in [1.54, 1.807) is 30.3 Å². The van der Waals surface area contributed by atoms with Crippen LogP contribution in [0.3, 0.4) is 0 Å². The highest BCUT2D eigenvalue weighted by Gasteiger charge is 2.25. The molecule has 1 N–H and O–H groups in total. The first-order chi connectivity index (χ1) is 7.10. The van der Waals surface area contributed by atoms with E-state index in [0.717, 1.165) is 0 Å². The average molecular weight is 224 g/mol. The van der Waals surface area contributed by atoms with Crippen LogP contribution in [0.15, 0.2) is 46.2 Å². The van der Waals surface area contributed by atoms with E-state index in [9.17, 15) is 13.5 Å². The lowest BCUT2D eigenvalue weighted by Crippen LogP contribution is -2.02. The monoisotopic (exact) mass is 224 g/mol. The summed E-state index contributed by atoms with van der Waals surface area (Å²) in [7, 11) is -3.37. The molecule has 0 fully saturated rings. The van der Waals surface area contributed by atoms with E-state index in [0.29, 0.717) is 22.6 Å². The summed E-state index contributed by atoms with van der Waals surface area (Å²) in [6.45, 7) is 0. The van der Waals surface area contributed by atoms with E-state index >= 15 is 0 Å². The Hall–Kier alpha value is -1.13. The molecule has 1 aromatic carbocycles. The number of sulfone groups is 1. The standard InChI is InChI=1S/C11H12O3S/c12-9-6-7-11(8-9)15(13,14)10-4-2-1-3-5-10/h1-5,8-9,12H,6-7H2. The molecular weight excluding hydrogens is 212 g/mol. The molecule has 0 heterocycles. The van der Waals surface area contributed by atoms with Gasteiger partial charge in [-0.3, -0.25) is 0 Å². The van der Waals surface area contributed by atoms with Gasteiger partial charge in [0.25, 0.3) is 0 Å². The largest absolute Gasteiger partial charge is 0.389 e. The van der Waals surface area contributed by atoms with Crippen molar-refractivity contribution in [3.05, 3.63) is 41.3 Å². The molecule has 4 heteroatoms. The van der Waals surface area contributed by atoms with Gasteiger partial charge in [-0.1, -0.05) is 18.2 Å². The Morgan fingerprint density at radius 1 is 1.20 bits per heavy atom. The average Bonchev–Trinajstić information content (AvgIpc) is 2.67. The first-order valence-corrected chi connectivity index (χ1v) is 6.28. The lowest BCUT2D eigenvalue weighted by Gasteiger charge is -2.03. The Balaban J connectivity index is 2.41. The van der Waals surface area contributed by atoms with Gasteiger partial charge in [-0.15, -0.1) is 0 Å². The van der Waals surface area contributed by atoms with E-state index in [-0.39, 0.29) is 0 Å². The molecule has 80 valence electrons. The predicted molar refractivity (Wildman–Crippen MR) is 57.0 cm³/mol. The summed E-state index contributed by atoms with van der Waals surface area (Å²) < 4.78 is 24.0. The Bertz CT molecular complexity index is 474. The summed E-state index contributed by atoms with van der Waals surface area (Å²) in [5, 5.41) is 9.27. The quantitative estimate of drug-likeness (QED) is 0.828. The molecule has 15 heavy (non-hydrogen) atoms. The van der Waals surface area contributed by atoms with Crippen molar-refractivity contribution >= 4 is 9.84 Å². The van der Waals surface area contributed by atoms with Crippen molar-refractivity contribution < 1.29 is 13.5 Å².